The number of nitrogens with zero attached hydrogens (tertiary/aromatic N) is 5. The molecule has 32 heavy (non-hydrogen) atoms. The lowest BCUT2D eigenvalue weighted by Crippen LogP contribution is -2.17. The van der Waals surface area contributed by atoms with Crippen LogP contribution in [0.4, 0.5) is 5.69 Å². The van der Waals surface area contributed by atoms with Gasteiger partial charge in [-0.25, -0.2) is 4.98 Å². The highest BCUT2D eigenvalue weighted by molar-refractivity contribution is 6.06. The van der Waals surface area contributed by atoms with Crippen molar-refractivity contribution in [2.45, 2.75) is 25.3 Å². The summed E-state index contributed by atoms with van der Waals surface area (Å²) in [4.78, 5) is 20.1. The van der Waals surface area contributed by atoms with Crippen LogP contribution in [0, 0.1) is 0 Å². The van der Waals surface area contributed by atoms with Crippen molar-refractivity contribution in [1.29, 1.82) is 0 Å². The topological polar surface area (TPSA) is 76.7 Å². The van der Waals surface area contributed by atoms with Crippen LogP contribution in [0.2, 0.25) is 0 Å². The Bertz CT molecular complexity index is 1290. The molecule has 4 heterocycles. The molecule has 1 fully saturated rings. The van der Waals surface area contributed by atoms with Crippen LogP contribution in [-0.4, -0.2) is 57.3 Å². The third kappa shape index (κ3) is 3.76. The van der Waals surface area contributed by atoms with Gasteiger partial charge in [-0.2, -0.15) is 5.10 Å². The molecule has 5 rings (SSSR count). The number of carbonyl (C=O) groups excluding carboxylic acids is 1. The van der Waals surface area contributed by atoms with Crippen molar-refractivity contribution in [1.82, 2.24) is 24.1 Å². The third-order valence-corrected chi connectivity index (χ3v) is 6.32. The largest absolute Gasteiger partial charge is 0.384 e. The number of aryl methyl sites for hydroxylation is 1. The molecule has 8 heteroatoms. The summed E-state index contributed by atoms with van der Waals surface area (Å²) in [5.41, 5.74) is 5.23. The van der Waals surface area contributed by atoms with E-state index in [0.717, 1.165) is 46.6 Å². The number of pyridine rings is 1. The normalized spacial score (nSPS) is 16.9. The third-order valence-electron chi connectivity index (χ3n) is 6.32. The van der Waals surface area contributed by atoms with Gasteiger partial charge in [-0.1, -0.05) is 0 Å². The number of methoxy groups -OCH3 is 1. The molecule has 0 spiro atoms. The fourth-order valence-corrected chi connectivity index (χ4v) is 4.60. The van der Waals surface area contributed by atoms with Crippen LogP contribution in [-0.2, 0) is 18.2 Å². The van der Waals surface area contributed by atoms with Crippen molar-refractivity contribution < 1.29 is 9.53 Å². The number of hydrogen-bond acceptors (Lipinski definition) is 5. The number of benzene rings is 1. The van der Waals surface area contributed by atoms with Crippen LogP contribution in [0.5, 0.6) is 0 Å². The van der Waals surface area contributed by atoms with E-state index in [1.165, 1.54) is 6.42 Å². The molecule has 3 aromatic heterocycles. The van der Waals surface area contributed by atoms with Crippen LogP contribution in [0.15, 0.2) is 42.7 Å². The van der Waals surface area contributed by atoms with E-state index in [2.05, 4.69) is 28.6 Å². The fourth-order valence-electron chi connectivity index (χ4n) is 4.60. The second-order valence-corrected chi connectivity index (χ2v) is 8.49. The van der Waals surface area contributed by atoms with Gasteiger partial charge in [0.2, 0.25) is 0 Å². The number of imidazole rings is 1. The summed E-state index contributed by atoms with van der Waals surface area (Å²) in [6.45, 7) is 1.69. The lowest BCUT2D eigenvalue weighted by atomic mass is 10.1. The Morgan fingerprint density at radius 1 is 1.22 bits per heavy atom. The Hall–Kier alpha value is -3.23. The minimum Gasteiger partial charge on any atom is -0.384 e. The van der Waals surface area contributed by atoms with Crippen LogP contribution in [0.1, 0.15) is 40.6 Å². The molecule has 0 bridgehead atoms. The highest BCUT2D eigenvalue weighted by Gasteiger charge is 2.24. The first-order valence-corrected chi connectivity index (χ1v) is 11.0. The van der Waals surface area contributed by atoms with E-state index in [9.17, 15) is 4.79 Å². The van der Waals surface area contributed by atoms with Gasteiger partial charge in [0.25, 0.3) is 5.91 Å². The molecule has 1 aliphatic heterocycles. The molecular weight excluding hydrogens is 404 g/mol. The second kappa shape index (κ2) is 8.37. The molecule has 8 nitrogen and oxygen atoms in total. The van der Waals surface area contributed by atoms with Gasteiger partial charge in [0, 0.05) is 43.9 Å². The predicted octanol–water partition coefficient (Wildman–Crippen LogP) is 3.43. The van der Waals surface area contributed by atoms with E-state index in [4.69, 9.17) is 9.72 Å². The molecule has 1 atom stereocenters. The molecular formula is C24H28N6O2. The lowest BCUT2D eigenvalue weighted by Gasteiger charge is -2.16. The monoisotopic (exact) mass is 432 g/mol. The molecule has 4 aromatic rings. The summed E-state index contributed by atoms with van der Waals surface area (Å²) in [5.74, 6) is -0.149. The van der Waals surface area contributed by atoms with Crippen molar-refractivity contribution in [2.24, 2.45) is 7.05 Å². The average Bonchev–Trinajstić information content (AvgIpc) is 3.48. The minimum absolute atomic E-state index is 0.149. The highest BCUT2D eigenvalue weighted by Crippen LogP contribution is 2.30. The van der Waals surface area contributed by atoms with Crippen LogP contribution >= 0.6 is 0 Å². The number of nitrogens with one attached hydrogen (secondary N) is 1. The Morgan fingerprint density at radius 2 is 2.09 bits per heavy atom. The Labute approximate surface area is 186 Å². The molecule has 0 saturated carbocycles. The molecule has 1 unspecified atom stereocenters. The van der Waals surface area contributed by atoms with Crippen molar-refractivity contribution in [2.75, 3.05) is 32.6 Å². The van der Waals surface area contributed by atoms with Gasteiger partial charge in [-0.05, 0) is 56.8 Å². The smallest absolute Gasteiger partial charge is 0.255 e. The SMILES string of the molecule is COCCc1nn(C)c2ccc(C(=O)Nc3ccc4nc(C5CCCN5C)cn4c3)cc12. The van der Waals surface area contributed by atoms with E-state index in [1.807, 2.05) is 52.7 Å². The van der Waals surface area contributed by atoms with Gasteiger partial charge in [0.15, 0.2) is 0 Å². The van der Waals surface area contributed by atoms with Gasteiger partial charge in [-0.15, -0.1) is 0 Å². The first-order chi connectivity index (χ1) is 15.5. The van der Waals surface area contributed by atoms with Gasteiger partial charge < -0.3 is 14.5 Å². The maximum Gasteiger partial charge on any atom is 0.255 e. The number of carbonyl (C=O) groups is 1. The number of ether oxygens (including phenoxy) is 1. The van der Waals surface area contributed by atoms with Gasteiger partial charge in [0.05, 0.1) is 35.2 Å². The summed E-state index contributed by atoms with van der Waals surface area (Å²) in [5, 5.41) is 8.58. The van der Waals surface area contributed by atoms with Crippen LogP contribution in [0.25, 0.3) is 16.6 Å². The molecule has 166 valence electrons. The highest BCUT2D eigenvalue weighted by atomic mass is 16.5. The summed E-state index contributed by atoms with van der Waals surface area (Å²) in [6, 6.07) is 9.90. The number of aromatic nitrogens is 4. The zero-order chi connectivity index (χ0) is 22.2. The number of rotatable bonds is 6. The first-order valence-electron chi connectivity index (χ1n) is 11.0. The molecule has 0 radical (unpaired) electrons. The Morgan fingerprint density at radius 3 is 2.88 bits per heavy atom. The summed E-state index contributed by atoms with van der Waals surface area (Å²) >= 11 is 0. The Balaban J connectivity index is 1.38. The molecule has 1 saturated heterocycles. The Kier molecular flexibility index (Phi) is 5.40. The molecule has 0 aliphatic carbocycles. The quantitative estimate of drug-likeness (QED) is 0.505. The van der Waals surface area contributed by atoms with Gasteiger partial charge in [0.1, 0.15) is 5.65 Å². The number of hydrogen-bond donors (Lipinski definition) is 1. The lowest BCUT2D eigenvalue weighted by molar-refractivity contribution is 0.102. The zero-order valence-corrected chi connectivity index (χ0v) is 18.7. The van der Waals surface area contributed by atoms with E-state index in [0.29, 0.717) is 24.6 Å². The maximum atomic E-state index is 13.0. The fraction of sp³-hybridized carbons (Fsp3) is 0.375. The molecule has 1 amide bonds. The van der Waals surface area contributed by atoms with Crippen molar-refractivity contribution in [3.8, 4) is 0 Å². The summed E-state index contributed by atoms with van der Waals surface area (Å²) in [6.07, 6.45) is 7.03. The van der Waals surface area contributed by atoms with Crippen molar-refractivity contribution in [3.63, 3.8) is 0 Å². The predicted molar refractivity (Wildman–Crippen MR) is 124 cm³/mol. The summed E-state index contributed by atoms with van der Waals surface area (Å²) in [7, 11) is 5.74. The van der Waals surface area contributed by atoms with Crippen LogP contribution < -0.4 is 5.32 Å². The van der Waals surface area contributed by atoms with Crippen molar-refractivity contribution in [3.05, 3.63) is 59.7 Å². The number of anilines is 1. The first kappa shape index (κ1) is 20.7. The standard InChI is InChI=1S/C24H28N6O2/c1-28-11-4-5-22(28)20-15-30-14-17(7-9-23(30)26-20)25-24(31)16-6-8-21-18(13-16)19(10-12-32-3)27-29(21)2/h6-9,13-15,22H,4-5,10-12H2,1-3H3,(H,25,31). The van der Waals surface area contributed by atoms with Gasteiger partial charge in [-0.3, -0.25) is 14.4 Å². The van der Waals surface area contributed by atoms with Crippen LogP contribution in [0.3, 0.4) is 0 Å². The number of amides is 1. The summed E-state index contributed by atoms with van der Waals surface area (Å²) < 4.78 is 9.03. The average molecular weight is 433 g/mol. The van der Waals surface area contributed by atoms with Gasteiger partial charge >= 0.3 is 0 Å². The molecule has 1 N–H and O–H groups in total. The maximum absolute atomic E-state index is 13.0. The molecule has 1 aromatic carbocycles. The van der Waals surface area contributed by atoms with E-state index < -0.39 is 0 Å². The van der Waals surface area contributed by atoms with E-state index >= 15 is 0 Å². The van der Waals surface area contributed by atoms with E-state index in [1.54, 1.807) is 7.11 Å². The molecule has 1 aliphatic rings. The minimum atomic E-state index is -0.149. The van der Waals surface area contributed by atoms with Crippen molar-refractivity contribution >= 4 is 28.1 Å². The zero-order valence-electron chi connectivity index (χ0n) is 18.7. The number of likely N-dealkylation sites (tertiary alicyclic amines) is 1. The van der Waals surface area contributed by atoms with E-state index in [-0.39, 0.29) is 5.91 Å². The second-order valence-electron chi connectivity index (χ2n) is 8.49. The number of fused-ring (bicyclic) bond motifs is 2.